The number of piperidine rings is 1. The van der Waals surface area contributed by atoms with Crippen molar-refractivity contribution in [2.45, 2.75) is 39.2 Å². The van der Waals surface area contributed by atoms with Gasteiger partial charge in [-0.25, -0.2) is 0 Å². The first-order chi connectivity index (χ1) is 7.33. The lowest BCUT2D eigenvalue weighted by molar-refractivity contribution is 0.143. The molecule has 0 aromatic heterocycles. The molecular formula is C12H26N2O. The van der Waals surface area contributed by atoms with Crippen molar-refractivity contribution in [2.75, 3.05) is 39.4 Å². The Morgan fingerprint density at radius 3 is 2.67 bits per heavy atom. The fraction of sp³-hybridized carbons (Fsp3) is 1.00. The normalized spacial score (nSPS) is 20.4. The van der Waals surface area contributed by atoms with E-state index in [4.69, 9.17) is 4.74 Å². The van der Waals surface area contributed by atoms with Crippen LogP contribution in [-0.2, 0) is 4.74 Å². The molecule has 3 nitrogen and oxygen atoms in total. The zero-order valence-corrected chi connectivity index (χ0v) is 10.3. The molecule has 0 aromatic rings. The van der Waals surface area contributed by atoms with E-state index in [1.54, 1.807) is 0 Å². The number of rotatable bonds is 7. The van der Waals surface area contributed by atoms with Crippen LogP contribution in [0, 0.1) is 0 Å². The van der Waals surface area contributed by atoms with Gasteiger partial charge in [-0.2, -0.15) is 0 Å². The summed E-state index contributed by atoms with van der Waals surface area (Å²) in [6.45, 7) is 10.7. The number of likely N-dealkylation sites (tertiary alicyclic amines) is 1. The Bertz CT molecular complexity index is 147. The highest BCUT2D eigenvalue weighted by Gasteiger charge is 2.12. The molecule has 0 aliphatic carbocycles. The van der Waals surface area contributed by atoms with Crippen LogP contribution in [0.1, 0.15) is 33.1 Å². The van der Waals surface area contributed by atoms with Crippen molar-refractivity contribution in [1.82, 2.24) is 10.2 Å². The van der Waals surface area contributed by atoms with Gasteiger partial charge in [-0.3, -0.25) is 0 Å². The molecule has 1 rings (SSSR count). The van der Waals surface area contributed by atoms with Gasteiger partial charge < -0.3 is 15.0 Å². The molecule has 15 heavy (non-hydrogen) atoms. The molecule has 0 radical (unpaired) electrons. The average Bonchev–Trinajstić information content (AvgIpc) is 2.26. The molecular weight excluding hydrogens is 188 g/mol. The Morgan fingerprint density at radius 1 is 1.27 bits per heavy atom. The molecule has 90 valence electrons. The van der Waals surface area contributed by atoms with Crippen molar-refractivity contribution in [3.8, 4) is 0 Å². The number of nitrogens with one attached hydrogen (secondary N) is 1. The van der Waals surface area contributed by atoms with Gasteiger partial charge in [-0.1, -0.05) is 6.42 Å². The second kappa shape index (κ2) is 8.08. The van der Waals surface area contributed by atoms with Crippen LogP contribution in [0.3, 0.4) is 0 Å². The summed E-state index contributed by atoms with van der Waals surface area (Å²) in [4.78, 5) is 2.57. The zero-order chi connectivity index (χ0) is 10.9. The minimum absolute atomic E-state index is 0.587. The Balaban J connectivity index is 1.98. The summed E-state index contributed by atoms with van der Waals surface area (Å²) in [6.07, 6.45) is 4.18. The van der Waals surface area contributed by atoms with Crippen LogP contribution in [-0.4, -0.2) is 50.3 Å². The van der Waals surface area contributed by atoms with Gasteiger partial charge in [0.15, 0.2) is 0 Å². The molecule has 0 bridgehead atoms. The smallest absolute Gasteiger partial charge is 0.0590 e. The second-order valence-electron chi connectivity index (χ2n) is 4.41. The maximum Gasteiger partial charge on any atom is 0.0590 e. The minimum Gasteiger partial charge on any atom is -0.380 e. The molecule has 0 amide bonds. The van der Waals surface area contributed by atoms with Gasteiger partial charge in [0, 0.05) is 25.7 Å². The van der Waals surface area contributed by atoms with E-state index in [1.807, 2.05) is 6.92 Å². The van der Waals surface area contributed by atoms with E-state index in [9.17, 15) is 0 Å². The Morgan fingerprint density at radius 2 is 2.00 bits per heavy atom. The highest BCUT2D eigenvalue weighted by Crippen LogP contribution is 2.08. The molecule has 0 aromatic carbocycles. The van der Waals surface area contributed by atoms with E-state index in [2.05, 4.69) is 17.1 Å². The van der Waals surface area contributed by atoms with Gasteiger partial charge in [0.05, 0.1) is 6.61 Å². The van der Waals surface area contributed by atoms with Crippen LogP contribution >= 0.6 is 0 Å². The summed E-state index contributed by atoms with van der Waals surface area (Å²) in [5.41, 5.74) is 0. The third-order valence-electron chi connectivity index (χ3n) is 2.92. The molecule has 1 N–H and O–H groups in total. The lowest BCUT2D eigenvalue weighted by Crippen LogP contribution is -2.42. The summed E-state index contributed by atoms with van der Waals surface area (Å²) >= 11 is 0. The van der Waals surface area contributed by atoms with Gasteiger partial charge in [0.1, 0.15) is 0 Å². The van der Waals surface area contributed by atoms with Crippen molar-refractivity contribution in [2.24, 2.45) is 0 Å². The quantitative estimate of drug-likeness (QED) is 0.650. The van der Waals surface area contributed by atoms with Gasteiger partial charge in [0.2, 0.25) is 0 Å². The monoisotopic (exact) mass is 214 g/mol. The predicted molar refractivity (Wildman–Crippen MR) is 64.2 cm³/mol. The molecule has 1 aliphatic heterocycles. The van der Waals surface area contributed by atoms with E-state index in [-0.39, 0.29) is 0 Å². The number of nitrogens with zero attached hydrogens (tertiary/aromatic N) is 1. The molecule has 1 aliphatic rings. The number of hydrogen-bond donors (Lipinski definition) is 1. The van der Waals surface area contributed by atoms with E-state index in [0.717, 1.165) is 19.8 Å². The summed E-state index contributed by atoms with van der Waals surface area (Å²) in [5, 5.41) is 3.50. The molecule has 1 atom stereocenters. The van der Waals surface area contributed by atoms with Gasteiger partial charge in [0.25, 0.3) is 0 Å². The second-order valence-corrected chi connectivity index (χ2v) is 4.41. The van der Waals surface area contributed by atoms with Crippen molar-refractivity contribution in [1.29, 1.82) is 0 Å². The minimum atomic E-state index is 0.587. The topological polar surface area (TPSA) is 24.5 Å². The molecule has 1 fully saturated rings. The third-order valence-corrected chi connectivity index (χ3v) is 2.92. The largest absolute Gasteiger partial charge is 0.380 e. The van der Waals surface area contributed by atoms with E-state index in [0.29, 0.717) is 6.04 Å². The predicted octanol–water partition coefficient (Wildman–Crippen LogP) is 1.49. The number of ether oxygens (including phenoxy) is 1. The molecule has 1 saturated heterocycles. The first-order valence-electron chi connectivity index (χ1n) is 6.36. The molecule has 0 spiro atoms. The van der Waals surface area contributed by atoms with Crippen LogP contribution in [0.5, 0.6) is 0 Å². The van der Waals surface area contributed by atoms with Crippen LogP contribution in [0.2, 0.25) is 0 Å². The van der Waals surface area contributed by atoms with Crippen LogP contribution in [0.15, 0.2) is 0 Å². The fourth-order valence-corrected chi connectivity index (χ4v) is 2.12. The average molecular weight is 214 g/mol. The van der Waals surface area contributed by atoms with Crippen LogP contribution < -0.4 is 5.32 Å². The van der Waals surface area contributed by atoms with Gasteiger partial charge in [-0.15, -0.1) is 0 Å². The SMILES string of the molecule is CCOCCNC(C)CN1CCCCC1. The molecule has 0 saturated carbocycles. The maximum atomic E-state index is 5.30. The first kappa shape index (κ1) is 12.9. The van der Waals surface area contributed by atoms with Crippen LogP contribution in [0.4, 0.5) is 0 Å². The third kappa shape index (κ3) is 6.13. The lowest BCUT2D eigenvalue weighted by Gasteiger charge is -2.29. The zero-order valence-electron chi connectivity index (χ0n) is 10.3. The summed E-state index contributed by atoms with van der Waals surface area (Å²) in [7, 11) is 0. The summed E-state index contributed by atoms with van der Waals surface area (Å²) in [6, 6.07) is 0.587. The standard InChI is InChI=1S/C12H26N2O/c1-3-15-10-7-13-12(2)11-14-8-5-4-6-9-14/h12-13H,3-11H2,1-2H3. The van der Waals surface area contributed by atoms with Crippen molar-refractivity contribution < 1.29 is 4.74 Å². The fourth-order valence-electron chi connectivity index (χ4n) is 2.12. The molecule has 1 heterocycles. The summed E-state index contributed by atoms with van der Waals surface area (Å²) in [5.74, 6) is 0. The lowest BCUT2D eigenvalue weighted by atomic mass is 10.1. The van der Waals surface area contributed by atoms with Gasteiger partial charge in [-0.05, 0) is 39.8 Å². The maximum absolute atomic E-state index is 5.30. The van der Waals surface area contributed by atoms with Crippen molar-refractivity contribution in [3.63, 3.8) is 0 Å². The van der Waals surface area contributed by atoms with Crippen molar-refractivity contribution >= 4 is 0 Å². The molecule has 1 unspecified atom stereocenters. The highest BCUT2D eigenvalue weighted by atomic mass is 16.5. The van der Waals surface area contributed by atoms with Crippen LogP contribution in [0.25, 0.3) is 0 Å². The van der Waals surface area contributed by atoms with Gasteiger partial charge >= 0.3 is 0 Å². The Labute approximate surface area is 94.2 Å². The number of hydrogen-bond acceptors (Lipinski definition) is 3. The van der Waals surface area contributed by atoms with E-state index < -0.39 is 0 Å². The Hall–Kier alpha value is -0.120. The van der Waals surface area contributed by atoms with E-state index in [1.165, 1.54) is 38.9 Å². The summed E-state index contributed by atoms with van der Waals surface area (Å²) < 4.78 is 5.30. The van der Waals surface area contributed by atoms with E-state index >= 15 is 0 Å². The Kier molecular flexibility index (Phi) is 6.98. The molecule has 3 heteroatoms. The first-order valence-corrected chi connectivity index (χ1v) is 6.36. The highest BCUT2D eigenvalue weighted by molar-refractivity contribution is 4.70. The van der Waals surface area contributed by atoms with Crippen molar-refractivity contribution in [3.05, 3.63) is 0 Å².